The van der Waals surface area contributed by atoms with Gasteiger partial charge in [0.05, 0.1) is 23.3 Å². The van der Waals surface area contributed by atoms with Crippen LogP contribution in [0.1, 0.15) is 57.2 Å². The highest BCUT2D eigenvalue weighted by molar-refractivity contribution is 6.35. The average molecular weight is 465 g/mol. The number of fused-ring (bicyclic) bond motifs is 1. The molecule has 0 bridgehead atoms. The van der Waals surface area contributed by atoms with E-state index in [1.165, 1.54) is 6.07 Å². The lowest BCUT2D eigenvalue weighted by molar-refractivity contribution is -0.323. The Balaban J connectivity index is 1.72. The molecule has 1 aromatic heterocycles. The number of esters is 3. The second-order valence-electron chi connectivity index (χ2n) is 9.06. The van der Waals surface area contributed by atoms with Crippen LogP contribution in [0.25, 0.3) is 11.0 Å². The number of ketones is 1. The molecule has 0 aliphatic heterocycles. The third-order valence-electron chi connectivity index (χ3n) is 4.91. The first-order valence-electron chi connectivity index (χ1n) is 10.1. The topological polar surface area (TPSA) is 109 Å². The van der Waals surface area contributed by atoms with Crippen molar-refractivity contribution in [2.45, 2.75) is 53.9 Å². The zero-order valence-corrected chi connectivity index (χ0v) is 19.5. The molecular formula is C23H25ClO8. The first kappa shape index (κ1) is 23.8. The van der Waals surface area contributed by atoms with Gasteiger partial charge in [0.2, 0.25) is 0 Å². The van der Waals surface area contributed by atoms with E-state index < -0.39 is 41.1 Å². The Bertz CT molecular complexity index is 1110. The van der Waals surface area contributed by atoms with E-state index in [0.717, 1.165) is 13.8 Å². The third kappa shape index (κ3) is 5.12. The molecule has 32 heavy (non-hydrogen) atoms. The summed E-state index contributed by atoms with van der Waals surface area (Å²) in [5.41, 5.74) is -0.0781. The first-order valence-corrected chi connectivity index (χ1v) is 10.5. The van der Waals surface area contributed by atoms with Crippen molar-refractivity contribution in [3.05, 3.63) is 34.5 Å². The van der Waals surface area contributed by atoms with Crippen molar-refractivity contribution in [3.63, 3.8) is 0 Å². The molecule has 0 spiro atoms. The number of Topliss-reactive ketones (excluding diaryl/α,β-unsaturated/α-hetero) is 1. The lowest BCUT2D eigenvalue weighted by Gasteiger charge is -2.30. The largest absolute Gasteiger partial charge is 0.460 e. The molecule has 0 saturated heterocycles. The van der Waals surface area contributed by atoms with Crippen molar-refractivity contribution < 1.29 is 37.8 Å². The number of aryl methyl sites for hydroxylation is 1. The number of halogens is 1. The fraction of sp³-hybridized carbons (Fsp3) is 0.478. The second-order valence-corrected chi connectivity index (χ2v) is 9.47. The van der Waals surface area contributed by atoms with Crippen LogP contribution in [0.3, 0.4) is 0 Å². The van der Waals surface area contributed by atoms with E-state index in [1.807, 2.05) is 0 Å². The average Bonchev–Trinajstić information content (AvgIpc) is 3.34. The normalized spacial score (nSPS) is 19.7. The molecule has 0 N–H and O–H groups in total. The number of furan rings is 1. The molecule has 8 nitrogen and oxygen atoms in total. The first-order chi connectivity index (χ1) is 14.7. The minimum Gasteiger partial charge on any atom is -0.460 e. The molecule has 1 aliphatic rings. The van der Waals surface area contributed by atoms with Crippen molar-refractivity contribution in [1.82, 2.24) is 0 Å². The SMILES string of the molecule is CC(=O)OC(C)(OC(=O)[C@H]1C[C@@H]1C(=O)c1cc(Cl)c2oc(C)cc2c1)OC(=O)C(C)(C)C. The zero-order valence-electron chi connectivity index (χ0n) is 18.7. The van der Waals surface area contributed by atoms with Crippen molar-refractivity contribution >= 4 is 46.3 Å². The Kier molecular flexibility index (Phi) is 6.12. The van der Waals surface area contributed by atoms with Crippen LogP contribution in [-0.2, 0) is 28.6 Å². The van der Waals surface area contributed by atoms with Gasteiger partial charge in [-0.2, -0.15) is 0 Å². The van der Waals surface area contributed by atoms with Crippen LogP contribution < -0.4 is 0 Å². The number of benzene rings is 1. The molecule has 3 atom stereocenters. The Morgan fingerprint density at radius 2 is 1.66 bits per heavy atom. The van der Waals surface area contributed by atoms with Gasteiger partial charge in [0.25, 0.3) is 0 Å². The van der Waals surface area contributed by atoms with E-state index in [4.69, 9.17) is 30.2 Å². The summed E-state index contributed by atoms with van der Waals surface area (Å²) in [7, 11) is 0. The highest BCUT2D eigenvalue weighted by Gasteiger charge is 2.52. The van der Waals surface area contributed by atoms with E-state index in [-0.39, 0.29) is 12.2 Å². The van der Waals surface area contributed by atoms with Gasteiger partial charge in [-0.15, -0.1) is 0 Å². The molecular weight excluding hydrogens is 440 g/mol. The highest BCUT2D eigenvalue weighted by atomic mass is 35.5. The van der Waals surface area contributed by atoms with Gasteiger partial charge >= 0.3 is 23.9 Å². The maximum absolute atomic E-state index is 12.9. The van der Waals surface area contributed by atoms with Gasteiger partial charge < -0.3 is 18.6 Å². The van der Waals surface area contributed by atoms with Crippen molar-refractivity contribution in [1.29, 1.82) is 0 Å². The van der Waals surface area contributed by atoms with Crippen LogP contribution in [-0.4, -0.2) is 29.7 Å². The van der Waals surface area contributed by atoms with Gasteiger partial charge in [-0.3, -0.25) is 19.2 Å². The molecule has 3 rings (SSSR count). The van der Waals surface area contributed by atoms with Gasteiger partial charge in [-0.1, -0.05) is 11.6 Å². The van der Waals surface area contributed by atoms with Crippen LogP contribution in [0.4, 0.5) is 0 Å². The highest BCUT2D eigenvalue weighted by Crippen LogP contribution is 2.44. The Morgan fingerprint density at radius 3 is 2.25 bits per heavy atom. The van der Waals surface area contributed by atoms with Gasteiger partial charge in [0.1, 0.15) is 5.76 Å². The van der Waals surface area contributed by atoms with Crippen LogP contribution >= 0.6 is 11.6 Å². The molecule has 0 amide bonds. The van der Waals surface area contributed by atoms with Gasteiger partial charge in [0, 0.05) is 23.8 Å². The van der Waals surface area contributed by atoms with E-state index in [2.05, 4.69) is 0 Å². The smallest absolute Gasteiger partial charge is 0.420 e. The predicted molar refractivity (Wildman–Crippen MR) is 114 cm³/mol. The molecule has 172 valence electrons. The quantitative estimate of drug-likeness (QED) is 0.347. The van der Waals surface area contributed by atoms with Gasteiger partial charge in [0.15, 0.2) is 11.4 Å². The zero-order chi connectivity index (χ0) is 24.0. The van der Waals surface area contributed by atoms with E-state index in [1.54, 1.807) is 39.8 Å². The molecule has 1 heterocycles. The maximum atomic E-state index is 12.9. The Hall–Kier alpha value is -2.87. The Morgan fingerprint density at radius 1 is 1.00 bits per heavy atom. The summed E-state index contributed by atoms with van der Waals surface area (Å²) >= 11 is 6.23. The molecule has 1 saturated carbocycles. The summed E-state index contributed by atoms with van der Waals surface area (Å²) in [5.74, 6) is -5.56. The minimum absolute atomic E-state index is 0.251. The summed E-state index contributed by atoms with van der Waals surface area (Å²) in [6.07, 6.45) is 0.251. The fourth-order valence-corrected chi connectivity index (χ4v) is 3.51. The monoisotopic (exact) mass is 464 g/mol. The van der Waals surface area contributed by atoms with Crippen LogP contribution in [0, 0.1) is 24.2 Å². The van der Waals surface area contributed by atoms with Crippen molar-refractivity contribution in [2.24, 2.45) is 17.3 Å². The van der Waals surface area contributed by atoms with Gasteiger partial charge in [-0.25, -0.2) is 0 Å². The molecule has 9 heteroatoms. The molecule has 1 aromatic carbocycles. The second kappa shape index (κ2) is 8.24. The third-order valence-corrected chi connectivity index (χ3v) is 5.19. The molecule has 1 fully saturated rings. The molecule has 0 radical (unpaired) electrons. The predicted octanol–water partition coefficient (Wildman–Crippen LogP) is 4.58. The standard InChI is InChI=1S/C23H25ClO8/c1-11-7-14-8-13(9-17(24)19(14)29-11)18(26)15-10-16(15)20(27)31-23(6,30-12(2)25)32-21(28)22(3,4)5/h7-9,15-16H,10H2,1-6H3/t15-,16-,23?/m0/s1. The number of carbonyl (C=O) groups excluding carboxylic acids is 4. The van der Waals surface area contributed by atoms with Crippen LogP contribution in [0.15, 0.2) is 22.6 Å². The lowest BCUT2D eigenvalue weighted by atomic mass is 9.97. The summed E-state index contributed by atoms with van der Waals surface area (Å²) in [6, 6.07) is 4.93. The summed E-state index contributed by atoms with van der Waals surface area (Å²) in [4.78, 5) is 49.3. The number of hydrogen-bond donors (Lipinski definition) is 0. The number of ether oxygens (including phenoxy) is 3. The Labute approximate surface area is 190 Å². The summed E-state index contributed by atoms with van der Waals surface area (Å²) < 4.78 is 20.9. The van der Waals surface area contributed by atoms with E-state index >= 15 is 0 Å². The van der Waals surface area contributed by atoms with E-state index in [9.17, 15) is 19.2 Å². The number of rotatable bonds is 6. The maximum Gasteiger partial charge on any atom is 0.420 e. The van der Waals surface area contributed by atoms with Gasteiger partial charge in [-0.05, 0) is 52.3 Å². The summed E-state index contributed by atoms with van der Waals surface area (Å²) in [5, 5.41) is 0.991. The minimum atomic E-state index is -2.24. The van der Waals surface area contributed by atoms with E-state index in [0.29, 0.717) is 27.3 Å². The molecule has 1 aliphatic carbocycles. The van der Waals surface area contributed by atoms with Crippen molar-refractivity contribution in [3.8, 4) is 0 Å². The lowest BCUT2D eigenvalue weighted by Crippen LogP contribution is -2.44. The fourth-order valence-electron chi connectivity index (χ4n) is 3.24. The molecule has 2 aromatic rings. The number of carbonyl (C=O) groups is 4. The number of hydrogen-bond acceptors (Lipinski definition) is 8. The van der Waals surface area contributed by atoms with Crippen molar-refractivity contribution in [2.75, 3.05) is 0 Å². The summed E-state index contributed by atoms with van der Waals surface area (Å²) in [6.45, 7) is 8.83. The molecule has 1 unspecified atom stereocenters. The van der Waals surface area contributed by atoms with Crippen LogP contribution in [0.2, 0.25) is 5.02 Å². The van der Waals surface area contributed by atoms with Crippen LogP contribution in [0.5, 0.6) is 0 Å².